The highest BCUT2D eigenvalue weighted by Gasteiger charge is 2.28. The summed E-state index contributed by atoms with van der Waals surface area (Å²) in [6, 6.07) is 25.6. The first-order chi connectivity index (χ1) is 17.0. The number of benzene rings is 3. The fourth-order valence-electron chi connectivity index (χ4n) is 4.07. The van der Waals surface area contributed by atoms with E-state index in [1.807, 2.05) is 59.2 Å². The van der Waals surface area contributed by atoms with Gasteiger partial charge in [-0.2, -0.15) is 4.31 Å². The van der Waals surface area contributed by atoms with Gasteiger partial charge in [0.1, 0.15) is 0 Å². The summed E-state index contributed by atoms with van der Waals surface area (Å²) < 4.78 is 29.7. The smallest absolute Gasteiger partial charge is 0.243 e. The number of carbonyl (C=O) groups is 1. The largest absolute Gasteiger partial charge is 0.293 e. The van der Waals surface area contributed by atoms with Crippen LogP contribution >= 0.6 is 11.8 Å². The lowest BCUT2D eigenvalue weighted by Gasteiger charge is -2.16. The van der Waals surface area contributed by atoms with Gasteiger partial charge in [0.05, 0.1) is 10.6 Å². The van der Waals surface area contributed by atoms with Gasteiger partial charge in [-0.25, -0.2) is 8.42 Å². The van der Waals surface area contributed by atoms with E-state index in [1.54, 1.807) is 30.3 Å². The van der Waals surface area contributed by atoms with E-state index in [9.17, 15) is 13.2 Å². The maximum Gasteiger partial charge on any atom is 0.243 e. The van der Waals surface area contributed by atoms with Crippen molar-refractivity contribution >= 4 is 27.6 Å². The van der Waals surface area contributed by atoms with E-state index in [1.165, 1.54) is 16.1 Å². The maximum atomic E-state index is 13.1. The van der Waals surface area contributed by atoms with Crippen LogP contribution in [0.15, 0.2) is 95.0 Å². The van der Waals surface area contributed by atoms with Gasteiger partial charge in [0.2, 0.25) is 10.0 Å². The van der Waals surface area contributed by atoms with Crippen molar-refractivity contribution in [1.82, 2.24) is 19.1 Å². The molecule has 1 aromatic heterocycles. The Kier molecular flexibility index (Phi) is 6.81. The molecule has 178 valence electrons. The Morgan fingerprint density at radius 1 is 0.857 bits per heavy atom. The van der Waals surface area contributed by atoms with Crippen LogP contribution in [0.25, 0.3) is 17.1 Å². The fraction of sp³-hybridized carbons (Fsp3) is 0.192. The highest BCUT2D eigenvalue weighted by atomic mass is 32.2. The molecule has 1 saturated heterocycles. The highest BCUT2D eigenvalue weighted by molar-refractivity contribution is 7.99. The number of hydrogen-bond donors (Lipinski definition) is 0. The number of para-hydroxylation sites is 1. The molecule has 7 nitrogen and oxygen atoms in total. The molecule has 1 aliphatic rings. The Morgan fingerprint density at radius 3 is 2.26 bits per heavy atom. The van der Waals surface area contributed by atoms with Crippen molar-refractivity contribution in [3.63, 3.8) is 0 Å². The molecular formula is C26H24N4O3S2. The third-order valence-electron chi connectivity index (χ3n) is 5.87. The van der Waals surface area contributed by atoms with E-state index in [0.717, 1.165) is 18.5 Å². The zero-order chi connectivity index (χ0) is 24.3. The average Bonchev–Trinajstić information content (AvgIpc) is 3.59. The van der Waals surface area contributed by atoms with Crippen LogP contribution in [0.2, 0.25) is 0 Å². The molecule has 0 atom stereocenters. The Bertz CT molecular complexity index is 1430. The Hall–Kier alpha value is -3.27. The van der Waals surface area contributed by atoms with Crippen LogP contribution in [0.3, 0.4) is 0 Å². The standard InChI is InChI=1S/C26H24N4O3S2/c31-24(20-10-3-1-4-11-20)19-34-26-28-27-25(30(26)22-13-5-2-6-14-22)21-12-9-15-23(18-21)35(32,33)29-16-7-8-17-29/h1-6,9-15,18H,7-8,16-17,19H2. The van der Waals surface area contributed by atoms with Crippen molar-refractivity contribution in [3.05, 3.63) is 90.5 Å². The molecule has 0 radical (unpaired) electrons. The van der Waals surface area contributed by atoms with Crippen molar-refractivity contribution in [2.24, 2.45) is 0 Å². The van der Waals surface area contributed by atoms with Crippen LogP contribution in [0.4, 0.5) is 0 Å². The molecule has 0 N–H and O–H groups in total. The summed E-state index contributed by atoms with van der Waals surface area (Å²) in [6.07, 6.45) is 1.76. The summed E-state index contributed by atoms with van der Waals surface area (Å²) in [5, 5.41) is 9.33. The Morgan fingerprint density at radius 2 is 1.54 bits per heavy atom. The summed E-state index contributed by atoms with van der Waals surface area (Å²) in [7, 11) is -3.57. The highest BCUT2D eigenvalue weighted by Crippen LogP contribution is 2.30. The van der Waals surface area contributed by atoms with Gasteiger partial charge in [0.25, 0.3) is 0 Å². The Labute approximate surface area is 208 Å². The van der Waals surface area contributed by atoms with Crippen molar-refractivity contribution in [3.8, 4) is 17.1 Å². The molecule has 0 bridgehead atoms. The number of carbonyl (C=O) groups excluding carboxylic acids is 1. The summed E-state index contributed by atoms with van der Waals surface area (Å²) in [6.45, 7) is 1.09. The third kappa shape index (κ3) is 4.93. The van der Waals surface area contributed by atoms with E-state index < -0.39 is 10.0 Å². The molecule has 1 fully saturated rings. The molecule has 4 aromatic rings. The molecule has 2 heterocycles. The number of ketones is 1. The quantitative estimate of drug-likeness (QED) is 0.256. The predicted molar refractivity (Wildman–Crippen MR) is 136 cm³/mol. The van der Waals surface area contributed by atoms with Crippen LogP contribution in [0, 0.1) is 0 Å². The number of Topliss-reactive ketones (excluding diaryl/α,β-unsaturated/α-hetero) is 1. The van der Waals surface area contributed by atoms with E-state index >= 15 is 0 Å². The molecule has 0 aliphatic carbocycles. The van der Waals surface area contributed by atoms with E-state index in [-0.39, 0.29) is 16.4 Å². The molecule has 9 heteroatoms. The minimum atomic E-state index is -3.57. The van der Waals surface area contributed by atoms with Crippen molar-refractivity contribution in [2.75, 3.05) is 18.8 Å². The first-order valence-electron chi connectivity index (χ1n) is 11.4. The van der Waals surface area contributed by atoms with Crippen LogP contribution < -0.4 is 0 Å². The summed E-state index contributed by atoms with van der Waals surface area (Å²) in [5.74, 6) is 0.723. The second kappa shape index (κ2) is 10.2. The second-order valence-corrected chi connectivity index (χ2v) is 11.1. The Balaban J connectivity index is 1.50. The van der Waals surface area contributed by atoms with Gasteiger partial charge in [-0.1, -0.05) is 72.4 Å². The van der Waals surface area contributed by atoms with Crippen molar-refractivity contribution in [2.45, 2.75) is 22.9 Å². The van der Waals surface area contributed by atoms with Gasteiger partial charge >= 0.3 is 0 Å². The number of hydrogen-bond acceptors (Lipinski definition) is 6. The second-order valence-electron chi connectivity index (χ2n) is 8.19. The molecule has 3 aromatic carbocycles. The van der Waals surface area contributed by atoms with Crippen molar-refractivity contribution < 1.29 is 13.2 Å². The van der Waals surface area contributed by atoms with E-state index in [4.69, 9.17) is 0 Å². The zero-order valence-corrected chi connectivity index (χ0v) is 20.6. The molecule has 5 rings (SSSR count). The van der Waals surface area contributed by atoms with Crippen molar-refractivity contribution in [1.29, 1.82) is 0 Å². The molecule has 1 aliphatic heterocycles. The summed E-state index contributed by atoms with van der Waals surface area (Å²) in [5.41, 5.74) is 2.11. The van der Waals surface area contributed by atoms with Gasteiger partial charge in [-0.15, -0.1) is 10.2 Å². The molecule has 0 saturated carbocycles. The topological polar surface area (TPSA) is 85.2 Å². The lowest BCUT2D eigenvalue weighted by atomic mass is 10.2. The first-order valence-corrected chi connectivity index (χ1v) is 13.8. The van der Waals surface area contributed by atoms with Gasteiger partial charge in [-0.3, -0.25) is 9.36 Å². The maximum absolute atomic E-state index is 13.1. The average molecular weight is 505 g/mol. The number of rotatable bonds is 8. The number of thioether (sulfide) groups is 1. The molecule has 35 heavy (non-hydrogen) atoms. The summed E-state index contributed by atoms with van der Waals surface area (Å²) in [4.78, 5) is 12.9. The number of aromatic nitrogens is 3. The summed E-state index contributed by atoms with van der Waals surface area (Å²) >= 11 is 1.30. The van der Waals surface area contributed by atoms with Crippen LogP contribution in [0.1, 0.15) is 23.2 Å². The fourth-order valence-corrected chi connectivity index (χ4v) is 6.48. The molecule has 0 amide bonds. The van der Waals surface area contributed by atoms with Gasteiger partial charge in [0.15, 0.2) is 16.8 Å². The van der Waals surface area contributed by atoms with E-state index in [0.29, 0.717) is 35.2 Å². The van der Waals surface area contributed by atoms with Gasteiger partial charge < -0.3 is 0 Å². The zero-order valence-electron chi connectivity index (χ0n) is 18.9. The monoisotopic (exact) mass is 504 g/mol. The first kappa shape index (κ1) is 23.5. The van der Waals surface area contributed by atoms with E-state index in [2.05, 4.69) is 10.2 Å². The van der Waals surface area contributed by atoms with Crippen LogP contribution in [0.5, 0.6) is 0 Å². The normalized spacial score (nSPS) is 14.3. The minimum Gasteiger partial charge on any atom is -0.293 e. The molecule has 0 spiro atoms. The van der Waals surface area contributed by atoms with Crippen LogP contribution in [-0.4, -0.2) is 52.1 Å². The third-order valence-corrected chi connectivity index (χ3v) is 8.69. The number of nitrogens with zero attached hydrogens (tertiary/aromatic N) is 4. The van der Waals surface area contributed by atoms with Crippen LogP contribution in [-0.2, 0) is 10.0 Å². The lowest BCUT2D eigenvalue weighted by Crippen LogP contribution is -2.27. The SMILES string of the molecule is O=C(CSc1nnc(-c2cccc(S(=O)(=O)N3CCCC3)c2)n1-c1ccccc1)c1ccccc1. The van der Waals surface area contributed by atoms with Gasteiger partial charge in [0, 0.05) is 29.9 Å². The lowest BCUT2D eigenvalue weighted by molar-refractivity contribution is 0.102. The minimum absolute atomic E-state index is 0.00142. The number of sulfonamides is 1. The predicted octanol–water partition coefficient (Wildman–Crippen LogP) is 4.69. The molecule has 0 unspecified atom stereocenters. The van der Waals surface area contributed by atoms with Gasteiger partial charge in [-0.05, 0) is 37.1 Å². The molecular weight excluding hydrogens is 480 g/mol.